The first-order valence-electron chi connectivity index (χ1n) is 6.79. The van der Waals surface area contributed by atoms with Gasteiger partial charge in [0.05, 0.1) is 17.2 Å². The van der Waals surface area contributed by atoms with Gasteiger partial charge in [-0.25, -0.2) is 8.42 Å². The number of ether oxygens (including phenoxy) is 1. The summed E-state index contributed by atoms with van der Waals surface area (Å²) in [4.78, 5) is 11.4. The monoisotopic (exact) mass is 319 g/mol. The largest absolute Gasteiger partial charge is 0.492 e. The molecule has 0 aliphatic heterocycles. The van der Waals surface area contributed by atoms with Crippen LogP contribution in [0.4, 0.5) is 5.69 Å². The maximum absolute atomic E-state index is 12.5. The molecule has 1 N–H and O–H groups in total. The lowest BCUT2D eigenvalue weighted by Crippen LogP contribution is -2.14. The normalized spacial score (nSPS) is 11.0. The molecule has 0 heterocycles. The molecule has 0 bridgehead atoms. The number of sulfonamides is 1. The molecule has 0 spiro atoms. The molecule has 0 aliphatic carbocycles. The fraction of sp³-hybridized carbons (Fsp3) is 0.188. The topological polar surface area (TPSA) is 72.5 Å². The Bertz CT molecular complexity index is 784. The summed E-state index contributed by atoms with van der Waals surface area (Å²) in [6, 6.07) is 12.7. The standard InChI is InChI=1S/C16H17NO4S/c1-3-21-16-10-5-4-9-15(16)17-22(19,20)14-8-6-7-13(11-14)12(2)18/h4-11,17H,3H2,1-2H3. The van der Waals surface area contributed by atoms with Gasteiger partial charge in [0.15, 0.2) is 5.78 Å². The predicted octanol–water partition coefficient (Wildman–Crippen LogP) is 3.09. The zero-order valence-corrected chi connectivity index (χ0v) is 13.2. The summed E-state index contributed by atoms with van der Waals surface area (Å²) >= 11 is 0. The molecule has 22 heavy (non-hydrogen) atoms. The average molecular weight is 319 g/mol. The third-order valence-corrected chi connectivity index (χ3v) is 4.35. The molecule has 2 rings (SSSR count). The Kier molecular flexibility index (Phi) is 4.82. The van der Waals surface area contributed by atoms with Gasteiger partial charge in [-0.2, -0.15) is 0 Å². The van der Waals surface area contributed by atoms with Gasteiger partial charge in [-0.1, -0.05) is 24.3 Å². The highest BCUT2D eigenvalue weighted by Crippen LogP contribution is 2.26. The highest BCUT2D eigenvalue weighted by Gasteiger charge is 2.17. The number of ketones is 1. The Morgan fingerprint density at radius 3 is 2.55 bits per heavy atom. The molecule has 2 aromatic carbocycles. The number of para-hydroxylation sites is 2. The molecule has 0 amide bonds. The lowest BCUT2D eigenvalue weighted by Gasteiger charge is -2.13. The molecule has 0 fully saturated rings. The van der Waals surface area contributed by atoms with Crippen molar-refractivity contribution in [1.29, 1.82) is 0 Å². The Balaban J connectivity index is 2.36. The number of carbonyl (C=O) groups is 1. The van der Waals surface area contributed by atoms with Crippen LogP contribution in [0.2, 0.25) is 0 Å². The number of Topliss-reactive ketones (excluding diaryl/α,β-unsaturated/α-hetero) is 1. The molecule has 0 aromatic heterocycles. The Morgan fingerprint density at radius 2 is 1.86 bits per heavy atom. The van der Waals surface area contributed by atoms with Crippen molar-refractivity contribution in [2.24, 2.45) is 0 Å². The van der Waals surface area contributed by atoms with E-state index in [0.717, 1.165) is 0 Å². The van der Waals surface area contributed by atoms with Crippen LogP contribution in [0, 0.1) is 0 Å². The van der Waals surface area contributed by atoms with Crippen LogP contribution in [-0.2, 0) is 10.0 Å². The summed E-state index contributed by atoms with van der Waals surface area (Å²) in [5.41, 5.74) is 0.707. The Morgan fingerprint density at radius 1 is 1.14 bits per heavy atom. The van der Waals surface area contributed by atoms with Crippen LogP contribution in [0.25, 0.3) is 0 Å². The molecule has 5 nitrogen and oxygen atoms in total. The lowest BCUT2D eigenvalue weighted by atomic mass is 10.2. The van der Waals surface area contributed by atoms with Gasteiger partial charge in [0.25, 0.3) is 10.0 Å². The molecule has 0 aliphatic rings. The molecular formula is C16H17NO4S. The summed E-state index contributed by atoms with van der Waals surface area (Å²) in [6.45, 7) is 3.64. The molecule has 0 unspecified atom stereocenters. The van der Waals surface area contributed by atoms with Crippen molar-refractivity contribution in [1.82, 2.24) is 0 Å². The van der Waals surface area contributed by atoms with E-state index in [1.54, 1.807) is 36.4 Å². The van der Waals surface area contributed by atoms with Crippen molar-refractivity contribution in [2.45, 2.75) is 18.7 Å². The minimum Gasteiger partial charge on any atom is -0.492 e. The zero-order chi connectivity index (χ0) is 16.2. The van der Waals surface area contributed by atoms with E-state index in [2.05, 4.69) is 4.72 Å². The van der Waals surface area contributed by atoms with Gasteiger partial charge in [0.2, 0.25) is 0 Å². The fourth-order valence-electron chi connectivity index (χ4n) is 1.92. The van der Waals surface area contributed by atoms with Gasteiger partial charge in [0.1, 0.15) is 5.75 Å². The quantitative estimate of drug-likeness (QED) is 0.830. The molecule has 6 heteroatoms. The minimum atomic E-state index is -3.79. The molecule has 2 aromatic rings. The number of hydrogen-bond donors (Lipinski definition) is 1. The first kappa shape index (κ1) is 16.0. The van der Waals surface area contributed by atoms with Crippen LogP contribution in [-0.4, -0.2) is 20.8 Å². The summed E-state index contributed by atoms with van der Waals surface area (Å²) in [5.74, 6) is 0.267. The maximum Gasteiger partial charge on any atom is 0.262 e. The van der Waals surface area contributed by atoms with Crippen molar-refractivity contribution < 1.29 is 17.9 Å². The number of benzene rings is 2. The summed E-state index contributed by atoms with van der Waals surface area (Å²) in [6.07, 6.45) is 0. The third-order valence-electron chi connectivity index (χ3n) is 2.98. The van der Waals surface area contributed by atoms with Crippen molar-refractivity contribution in [2.75, 3.05) is 11.3 Å². The predicted molar refractivity (Wildman–Crippen MR) is 84.9 cm³/mol. The van der Waals surface area contributed by atoms with Crippen molar-refractivity contribution in [3.8, 4) is 5.75 Å². The van der Waals surface area contributed by atoms with E-state index in [0.29, 0.717) is 23.6 Å². The van der Waals surface area contributed by atoms with Crippen LogP contribution in [0.1, 0.15) is 24.2 Å². The minimum absolute atomic E-state index is 0.0338. The summed E-state index contributed by atoms with van der Waals surface area (Å²) < 4.78 is 32.8. The fourth-order valence-corrected chi connectivity index (χ4v) is 3.03. The molecule has 0 atom stereocenters. The van der Waals surface area contributed by atoms with E-state index in [4.69, 9.17) is 4.74 Å². The van der Waals surface area contributed by atoms with E-state index < -0.39 is 10.0 Å². The lowest BCUT2D eigenvalue weighted by molar-refractivity contribution is 0.101. The average Bonchev–Trinajstić information content (AvgIpc) is 2.49. The second-order valence-corrected chi connectivity index (χ2v) is 6.30. The van der Waals surface area contributed by atoms with Crippen LogP contribution < -0.4 is 9.46 Å². The summed E-state index contributed by atoms with van der Waals surface area (Å²) in [5, 5.41) is 0. The second-order valence-electron chi connectivity index (χ2n) is 4.62. The number of nitrogens with one attached hydrogen (secondary N) is 1. The van der Waals surface area contributed by atoms with Crippen LogP contribution in [0.15, 0.2) is 53.4 Å². The first-order chi connectivity index (χ1) is 10.4. The maximum atomic E-state index is 12.5. The highest BCUT2D eigenvalue weighted by atomic mass is 32.2. The van der Waals surface area contributed by atoms with Crippen LogP contribution >= 0.6 is 0 Å². The van der Waals surface area contributed by atoms with Crippen LogP contribution in [0.5, 0.6) is 5.75 Å². The van der Waals surface area contributed by atoms with Crippen molar-refractivity contribution in [3.63, 3.8) is 0 Å². The third kappa shape index (κ3) is 3.65. The molecular weight excluding hydrogens is 302 g/mol. The zero-order valence-electron chi connectivity index (χ0n) is 12.4. The number of carbonyl (C=O) groups excluding carboxylic acids is 1. The van der Waals surface area contributed by atoms with Gasteiger partial charge < -0.3 is 4.74 Å². The molecule has 116 valence electrons. The second kappa shape index (κ2) is 6.62. The number of hydrogen-bond acceptors (Lipinski definition) is 4. The van der Waals surface area contributed by atoms with Gasteiger partial charge in [0, 0.05) is 5.56 Å². The summed E-state index contributed by atoms with van der Waals surface area (Å²) in [7, 11) is -3.79. The SMILES string of the molecule is CCOc1ccccc1NS(=O)(=O)c1cccc(C(C)=O)c1. The van der Waals surface area contributed by atoms with E-state index in [1.165, 1.54) is 19.1 Å². The van der Waals surface area contributed by atoms with E-state index >= 15 is 0 Å². The van der Waals surface area contributed by atoms with Crippen molar-refractivity contribution in [3.05, 3.63) is 54.1 Å². The Labute approximate surface area is 130 Å². The smallest absolute Gasteiger partial charge is 0.262 e. The highest BCUT2D eigenvalue weighted by molar-refractivity contribution is 7.92. The van der Waals surface area contributed by atoms with Gasteiger partial charge >= 0.3 is 0 Å². The van der Waals surface area contributed by atoms with E-state index in [1.807, 2.05) is 6.92 Å². The van der Waals surface area contributed by atoms with Crippen LogP contribution in [0.3, 0.4) is 0 Å². The molecule has 0 radical (unpaired) electrons. The molecule has 0 saturated carbocycles. The van der Waals surface area contributed by atoms with Gasteiger partial charge in [-0.05, 0) is 38.1 Å². The van der Waals surface area contributed by atoms with Crippen molar-refractivity contribution >= 4 is 21.5 Å². The first-order valence-corrected chi connectivity index (χ1v) is 8.28. The van der Waals surface area contributed by atoms with Gasteiger partial charge in [-0.3, -0.25) is 9.52 Å². The Hall–Kier alpha value is -2.34. The number of rotatable bonds is 6. The van der Waals surface area contributed by atoms with E-state index in [-0.39, 0.29) is 10.7 Å². The molecule has 0 saturated heterocycles. The van der Waals surface area contributed by atoms with E-state index in [9.17, 15) is 13.2 Å². The number of anilines is 1. The van der Waals surface area contributed by atoms with Gasteiger partial charge in [-0.15, -0.1) is 0 Å².